The predicted octanol–water partition coefficient (Wildman–Crippen LogP) is 3.13. The molecule has 0 aliphatic carbocycles. The summed E-state index contributed by atoms with van der Waals surface area (Å²) in [5.41, 5.74) is -0.115. The van der Waals surface area contributed by atoms with Crippen LogP contribution in [-0.4, -0.2) is 11.2 Å². The maximum absolute atomic E-state index is 10.9. The minimum Gasteiger partial charge on any atom is -0.449 e. The summed E-state index contributed by atoms with van der Waals surface area (Å²) in [6.07, 6.45) is 0.671. The third kappa shape index (κ3) is 2.75. The number of rotatable bonds is 4. The van der Waals surface area contributed by atoms with Crippen LogP contribution in [0.3, 0.4) is 0 Å². The maximum atomic E-state index is 10.9. The number of ether oxygens (including phenoxy) is 1. The Balaban J connectivity index is 2.36. The zero-order valence-electron chi connectivity index (χ0n) is 9.40. The number of carbonyl (C=O) groups is 1. The van der Waals surface area contributed by atoms with Crippen molar-refractivity contribution >= 4 is 23.3 Å². The number of thiophene rings is 1. The fraction of sp³-hybridized carbons (Fsp3) is 0. The van der Waals surface area contributed by atoms with E-state index in [0.29, 0.717) is 16.9 Å². The molecule has 0 radical (unpaired) electrons. The fourth-order valence-corrected chi connectivity index (χ4v) is 2.00. The van der Waals surface area contributed by atoms with E-state index in [1.165, 1.54) is 29.5 Å². The Bertz CT molecular complexity index is 687. The van der Waals surface area contributed by atoms with Gasteiger partial charge in [-0.05, 0) is 12.1 Å². The second-order valence-electron chi connectivity index (χ2n) is 3.46. The summed E-state index contributed by atoms with van der Waals surface area (Å²) in [6, 6.07) is 7.23. The standard InChI is InChI=1S/C12H6N2O4S/c13-5-8-1-2-12(11(3-8)14(16)17)18-9-4-10(6-15)19-7-9/h1-4,6-7H. The number of nitro groups is 1. The number of carbonyl (C=O) groups excluding carboxylic acids is 1. The summed E-state index contributed by atoms with van der Waals surface area (Å²) in [5, 5.41) is 21.2. The first-order valence-corrected chi connectivity index (χ1v) is 5.92. The highest BCUT2D eigenvalue weighted by molar-refractivity contribution is 7.11. The molecular formula is C12H6N2O4S. The largest absolute Gasteiger partial charge is 0.449 e. The van der Waals surface area contributed by atoms with Crippen molar-refractivity contribution in [1.29, 1.82) is 5.26 Å². The number of nitrogens with zero attached hydrogens (tertiary/aromatic N) is 2. The number of aldehydes is 1. The van der Waals surface area contributed by atoms with Gasteiger partial charge in [-0.2, -0.15) is 5.26 Å². The van der Waals surface area contributed by atoms with Crippen molar-refractivity contribution in [3.8, 4) is 17.6 Å². The Hall–Kier alpha value is -2.72. The molecule has 0 saturated carbocycles. The van der Waals surface area contributed by atoms with Crippen molar-refractivity contribution in [1.82, 2.24) is 0 Å². The first-order chi connectivity index (χ1) is 9.13. The Kier molecular flexibility index (Phi) is 3.54. The average molecular weight is 274 g/mol. The number of nitriles is 1. The van der Waals surface area contributed by atoms with Gasteiger partial charge in [0, 0.05) is 17.5 Å². The molecule has 0 spiro atoms. The smallest absolute Gasteiger partial charge is 0.312 e. The van der Waals surface area contributed by atoms with Gasteiger partial charge >= 0.3 is 5.69 Å². The molecule has 0 fully saturated rings. The maximum Gasteiger partial charge on any atom is 0.312 e. The minimum atomic E-state index is -0.622. The highest BCUT2D eigenvalue weighted by atomic mass is 32.1. The molecular weight excluding hydrogens is 268 g/mol. The van der Waals surface area contributed by atoms with E-state index < -0.39 is 4.92 Å². The van der Waals surface area contributed by atoms with Crippen LogP contribution >= 0.6 is 11.3 Å². The molecule has 7 heteroatoms. The third-order valence-electron chi connectivity index (χ3n) is 2.22. The molecule has 0 bridgehead atoms. The van der Waals surface area contributed by atoms with Gasteiger partial charge in [0.05, 0.1) is 21.4 Å². The molecule has 19 heavy (non-hydrogen) atoms. The van der Waals surface area contributed by atoms with Crippen molar-refractivity contribution in [2.24, 2.45) is 0 Å². The molecule has 0 amide bonds. The summed E-state index contributed by atoms with van der Waals surface area (Å²) < 4.78 is 5.35. The number of hydrogen-bond donors (Lipinski definition) is 0. The van der Waals surface area contributed by atoms with Crippen LogP contribution < -0.4 is 4.74 Å². The third-order valence-corrected chi connectivity index (χ3v) is 3.06. The van der Waals surface area contributed by atoms with Crippen molar-refractivity contribution in [3.63, 3.8) is 0 Å². The Morgan fingerprint density at radius 2 is 2.21 bits per heavy atom. The highest BCUT2D eigenvalue weighted by Crippen LogP contribution is 2.33. The fourth-order valence-electron chi connectivity index (χ4n) is 1.39. The van der Waals surface area contributed by atoms with E-state index in [0.717, 1.165) is 6.07 Å². The molecule has 0 N–H and O–H groups in total. The normalized spacial score (nSPS) is 9.63. The highest BCUT2D eigenvalue weighted by Gasteiger charge is 2.17. The van der Waals surface area contributed by atoms with E-state index in [-0.39, 0.29) is 17.0 Å². The summed E-state index contributed by atoms with van der Waals surface area (Å²) in [6.45, 7) is 0. The van der Waals surface area contributed by atoms with Gasteiger partial charge in [-0.15, -0.1) is 11.3 Å². The Morgan fingerprint density at radius 1 is 1.42 bits per heavy atom. The average Bonchev–Trinajstić information content (AvgIpc) is 2.86. The summed E-state index contributed by atoms with van der Waals surface area (Å²) in [5.74, 6) is 0.374. The van der Waals surface area contributed by atoms with Gasteiger partial charge in [-0.3, -0.25) is 14.9 Å². The lowest BCUT2D eigenvalue weighted by atomic mass is 10.2. The van der Waals surface area contributed by atoms with Crippen molar-refractivity contribution in [2.75, 3.05) is 0 Å². The van der Waals surface area contributed by atoms with Crippen LogP contribution in [0.2, 0.25) is 0 Å². The second-order valence-corrected chi connectivity index (χ2v) is 4.40. The van der Waals surface area contributed by atoms with Crippen LogP contribution in [0.4, 0.5) is 5.69 Å². The molecule has 1 aromatic heterocycles. The topological polar surface area (TPSA) is 93.2 Å². The quantitative estimate of drug-likeness (QED) is 0.485. The van der Waals surface area contributed by atoms with E-state index in [2.05, 4.69) is 0 Å². The summed E-state index contributed by atoms with van der Waals surface area (Å²) in [4.78, 5) is 21.3. The van der Waals surface area contributed by atoms with Crippen LogP contribution in [0.5, 0.6) is 11.5 Å². The van der Waals surface area contributed by atoms with Gasteiger partial charge in [0.25, 0.3) is 0 Å². The molecule has 0 unspecified atom stereocenters. The molecule has 2 rings (SSSR count). The van der Waals surface area contributed by atoms with Gasteiger partial charge in [0.2, 0.25) is 5.75 Å². The lowest BCUT2D eigenvalue weighted by molar-refractivity contribution is -0.385. The van der Waals surface area contributed by atoms with E-state index in [9.17, 15) is 14.9 Å². The molecule has 0 saturated heterocycles. The predicted molar refractivity (Wildman–Crippen MR) is 67.6 cm³/mol. The number of benzene rings is 1. The van der Waals surface area contributed by atoms with E-state index >= 15 is 0 Å². The van der Waals surface area contributed by atoms with Crippen LogP contribution in [0, 0.1) is 21.4 Å². The SMILES string of the molecule is N#Cc1ccc(Oc2csc(C=O)c2)c([N+](=O)[O-])c1. The monoisotopic (exact) mass is 274 g/mol. The first-order valence-electron chi connectivity index (χ1n) is 5.04. The number of hydrogen-bond acceptors (Lipinski definition) is 6. The summed E-state index contributed by atoms with van der Waals surface area (Å²) in [7, 11) is 0. The molecule has 1 aromatic carbocycles. The zero-order chi connectivity index (χ0) is 13.8. The van der Waals surface area contributed by atoms with Crippen LogP contribution in [-0.2, 0) is 0 Å². The molecule has 1 heterocycles. The van der Waals surface area contributed by atoms with Gasteiger partial charge in [-0.25, -0.2) is 0 Å². The molecule has 2 aromatic rings. The first kappa shape index (κ1) is 12.7. The van der Waals surface area contributed by atoms with Gasteiger partial charge in [-0.1, -0.05) is 0 Å². The van der Waals surface area contributed by atoms with Crippen molar-refractivity contribution in [2.45, 2.75) is 0 Å². The molecule has 94 valence electrons. The molecule has 6 nitrogen and oxygen atoms in total. The molecule has 0 atom stereocenters. The minimum absolute atomic E-state index is 0.0271. The van der Waals surface area contributed by atoms with Gasteiger partial charge in [0.15, 0.2) is 6.29 Å². The van der Waals surface area contributed by atoms with Crippen LogP contribution in [0.1, 0.15) is 15.2 Å². The van der Waals surface area contributed by atoms with E-state index in [1.54, 1.807) is 5.38 Å². The zero-order valence-corrected chi connectivity index (χ0v) is 10.2. The Morgan fingerprint density at radius 3 is 2.79 bits per heavy atom. The number of nitro benzene ring substituents is 1. The molecule has 0 aliphatic heterocycles. The van der Waals surface area contributed by atoms with E-state index in [1.807, 2.05) is 6.07 Å². The van der Waals surface area contributed by atoms with Crippen LogP contribution in [0.25, 0.3) is 0 Å². The van der Waals surface area contributed by atoms with Crippen molar-refractivity contribution < 1.29 is 14.5 Å². The van der Waals surface area contributed by atoms with Gasteiger partial charge < -0.3 is 4.74 Å². The second kappa shape index (κ2) is 5.29. The summed E-state index contributed by atoms with van der Waals surface area (Å²) >= 11 is 1.18. The lowest BCUT2D eigenvalue weighted by Gasteiger charge is -2.04. The van der Waals surface area contributed by atoms with Crippen LogP contribution in [0.15, 0.2) is 29.6 Å². The lowest BCUT2D eigenvalue weighted by Crippen LogP contribution is -1.93. The molecule has 0 aliphatic rings. The van der Waals surface area contributed by atoms with Gasteiger partial charge in [0.1, 0.15) is 5.75 Å². The van der Waals surface area contributed by atoms with Crippen molar-refractivity contribution in [3.05, 3.63) is 50.2 Å². The van der Waals surface area contributed by atoms with E-state index in [4.69, 9.17) is 10.00 Å². The Labute approximate surface area is 111 Å².